The molecule has 0 spiro atoms. The number of hydrogen-bond donors (Lipinski definition) is 1. The van der Waals surface area contributed by atoms with E-state index in [1.807, 2.05) is 25.2 Å². The van der Waals surface area contributed by atoms with Crippen LogP contribution in [0.25, 0.3) is 0 Å². The summed E-state index contributed by atoms with van der Waals surface area (Å²) >= 11 is 0. The maximum Gasteiger partial charge on any atom is 0.193 e. The van der Waals surface area contributed by atoms with Gasteiger partial charge in [-0.25, -0.2) is 0 Å². The van der Waals surface area contributed by atoms with Gasteiger partial charge in [-0.05, 0) is 23.1 Å². The van der Waals surface area contributed by atoms with Crippen molar-refractivity contribution in [3.05, 3.63) is 71.3 Å². The number of rotatable bonds is 8. The Labute approximate surface area is 168 Å². The third-order valence-corrected chi connectivity index (χ3v) is 4.95. The highest BCUT2D eigenvalue weighted by Crippen LogP contribution is 2.13. The summed E-state index contributed by atoms with van der Waals surface area (Å²) in [6, 6.07) is 18.8. The Balaban J connectivity index is 1.46. The van der Waals surface area contributed by atoms with Crippen LogP contribution in [0.1, 0.15) is 23.1 Å². The number of guanidine groups is 1. The van der Waals surface area contributed by atoms with Gasteiger partial charge in [0.2, 0.25) is 0 Å². The van der Waals surface area contributed by atoms with Crippen molar-refractivity contribution in [1.82, 2.24) is 10.2 Å². The lowest BCUT2D eigenvalue weighted by molar-refractivity contribution is 0.107. The van der Waals surface area contributed by atoms with Gasteiger partial charge < -0.3 is 19.7 Å². The summed E-state index contributed by atoms with van der Waals surface area (Å²) in [6.45, 7) is 4.68. The quantitative estimate of drug-likeness (QED) is 0.562. The van der Waals surface area contributed by atoms with Crippen molar-refractivity contribution in [2.24, 2.45) is 10.9 Å². The molecule has 1 aliphatic rings. The molecule has 3 rings (SSSR count). The van der Waals surface area contributed by atoms with Crippen LogP contribution in [-0.4, -0.2) is 44.7 Å². The van der Waals surface area contributed by atoms with E-state index in [9.17, 15) is 0 Å². The zero-order valence-electron chi connectivity index (χ0n) is 16.9. The van der Waals surface area contributed by atoms with Gasteiger partial charge in [-0.3, -0.25) is 4.99 Å². The molecule has 1 aliphatic heterocycles. The fourth-order valence-electron chi connectivity index (χ4n) is 3.46. The Hall–Kier alpha value is -2.37. The SMILES string of the molecule is CN=C(NCc1cccc(COCc2ccccc2)c1)N(C)CC1CCOC1. The van der Waals surface area contributed by atoms with Gasteiger partial charge in [0, 0.05) is 39.7 Å². The summed E-state index contributed by atoms with van der Waals surface area (Å²) in [5.74, 6) is 1.51. The molecule has 0 bridgehead atoms. The minimum Gasteiger partial charge on any atom is -0.381 e. The number of benzene rings is 2. The number of nitrogens with zero attached hydrogens (tertiary/aromatic N) is 2. The topological polar surface area (TPSA) is 46.1 Å². The lowest BCUT2D eigenvalue weighted by Crippen LogP contribution is -2.41. The first-order chi connectivity index (χ1) is 13.7. The van der Waals surface area contributed by atoms with E-state index in [2.05, 4.69) is 58.7 Å². The first-order valence-electron chi connectivity index (χ1n) is 9.93. The molecule has 0 aliphatic carbocycles. The van der Waals surface area contributed by atoms with Crippen molar-refractivity contribution in [1.29, 1.82) is 0 Å². The number of nitrogens with one attached hydrogen (secondary N) is 1. The second-order valence-electron chi connectivity index (χ2n) is 7.31. The molecule has 5 heteroatoms. The summed E-state index contributed by atoms with van der Waals surface area (Å²) < 4.78 is 11.3. The van der Waals surface area contributed by atoms with Crippen molar-refractivity contribution >= 4 is 5.96 Å². The average Bonchev–Trinajstić information content (AvgIpc) is 3.23. The lowest BCUT2D eigenvalue weighted by Gasteiger charge is -2.24. The highest BCUT2D eigenvalue weighted by atomic mass is 16.5. The van der Waals surface area contributed by atoms with Crippen LogP contribution in [0.5, 0.6) is 0 Å². The zero-order chi connectivity index (χ0) is 19.6. The molecule has 28 heavy (non-hydrogen) atoms. The Morgan fingerprint density at radius 2 is 1.86 bits per heavy atom. The molecule has 1 atom stereocenters. The Bertz CT molecular complexity index is 743. The van der Waals surface area contributed by atoms with E-state index in [1.54, 1.807) is 0 Å². The van der Waals surface area contributed by atoms with Crippen LogP contribution in [0.3, 0.4) is 0 Å². The molecule has 150 valence electrons. The van der Waals surface area contributed by atoms with E-state index in [1.165, 1.54) is 16.7 Å². The predicted octanol–water partition coefficient (Wildman–Crippen LogP) is 3.45. The second kappa shape index (κ2) is 10.8. The minimum atomic E-state index is 0.591. The predicted molar refractivity (Wildman–Crippen MR) is 113 cm³/mol. The van der Waals surface area contributed by atoms with Crippen molar-refractivity contribution in [2.75, 3.05) is 33.9 Å². The molecular weight excluding hydrogens is 350 g/mol. The third-order valence-electron chi connectivity index (χ3n) is 4.95. The highest BCUT2D eigenvalue weighted by molar-refractivity contribution is 5.79. The summed E-state index contributed by atoms with van der Waals surface area (Å²) in [4.78, 5) is 6.60. The van der Waals surface area contributed by atoms with Gasteiger partial charge in [-0.15, -0.1) is 0 Å². The molecule has 0 radical (unpaired) electrons. The van der Waals surface area contributed by atoms with Crippen LogP contribution in [-0.2, 0) is 29.2 Å². The number of ether oxygens (including phenoxy) is 2. The molecule has 5 nitrogen and oxygen atoms in total. The van der Waals surface area contributed by atoms with Gasteiger partial charge in [0.25, 0.3) is 0 Å². The van der Waals surface area contributed by atoms with Crippen LogP contribution in [0.4, 0.5) is 0 Å². The largest absolute Gasteiger partial charge is 0.381 e. The fourth-order valence-corrected chi connectivity index (χ4v) is 3.46. The van der Waals surface area contributed by atoms with Crippen LogP contribution >= 0.6 is 0 Å². The van der Waals surface area contributed by atoms with Gasteiger partial charge in [0.15, 0.2) is 5.96 Å². The normalized spacial score (nSPS) is 16.9. The summed E-state index contributed by atoms with van der Waals surface area (Å²) in [7, 11) is 3.92. The maximum atomic E-state index is 5.86. The molecule has 1 saturated heterocycles. The van der Waals surface area contributed by atoms with Crippen molar-refractivity contribution in [2.45, 2.75) is 26.2 Å². The van der Waals surface area contributed by atoms with E-state index < -0.39 is 0 Å². The Morgan fingerprint density at radius 3 is 2.61 bits per heavy atom. The zero-order valence-corrected chi connectivity index (χ0v) is 16.9. The monoisotopic (exact) mass is 381 g/mol. The van der Waals surface area contributed by atoms with Crippen LogP contribution in [0, 0.1) is 5.92 Å². The van der Waals surface area contributed by atoms with E-state index in [0.717, 1.165) is 38.7 Å². The average molecular weight is 382 g/mol. The Morgan fingerprint density at radius 1 is 1.11 bits per heavy atom. The van der Waals surface area contributed by atoms with E-state index in [-0.39, 0.29) is 0 Å². The molecule has 1 unspecified atom stereocenters. The molecule has 1 N–H and O–H groups in total. The van der Waals surface area contributed by atoms with Crippen molar-refractivity contribution in [3.8, 4) is 0 Å². The van der Waals surface area contributed by atoms with E-state index >= 15 is 0 Å². The van der Waals surface area contributed by atoms with Gasteiger partial charge >= 0.3 is 0 Å². The fraction of sp³-hybridized carbons (Fsp3) is 0.435. The number of hydrogen-bond acceptors (Lipinski definition) is 3. The standard InChI is InChI=1S/C23H31N3O2/c1-24-23(26(2)15-22-11-12-27-18-22)25-14-20-9-6-10-21(13-20)17-28-16-19-7-4-3-5-8-19/h3-10,13,22H,11-12,14-18H2,1-2H3,(H,24,25). The second-order valence-corrected chi connectivity index (χ2v) is 7.31. The summed E-state index contributed by atoms with van der Waals surface area (Å²) in [5, 5.41) is 3.46. The highest BCUT2D eigenvalue weighted by Gasteiger charge is 2.18. The summed E-state index contributed by atoms with van der Waals surface area (Å²) in [5.41, 5.74) is 3.60. The first kappa shape index (κ1) is 20.4. The molecule has 1 heterocycles. The van der Waals surface area contributed by atoms with Crippen LogP contribution < -0.4 is 5.32 Å². The van der Waals surface area contributed by atoms with Crippen LogP contribution in [0.15, 0.2) is 59.6 Å². The molecular formula is C23H31N3O2. The van der Waals surface area contributed by atoms with Crippen molar-refractivity contribution < 1.29 is 9.47 Å². The minimum absolute atomic E-state index is 0.591. The van der Waals surface area contributed by atoms with Gasteiger partial charge in [0.05, 0.1) is 19.8 Å². The molecule has 2 aromatic rings. The lowest BCUT2D eigenvalue weighted by atomic mass is 10.1. The maximum absolute atomic E-state index is 5.86. The molecule has 1 fully saturated rings. The smallest absolute Gasteiger partial charge is 0.193 e. The molecule has 2 aromatic carbocycles. The van der Waals surface area contributed by atoms with Gasteiger partial charge in [0.1, 0.15) is 0 Å². The van der Waals surface area contributed by atoms with Gasteiger partial charge in [-0.2, -0.15) is 0 Å². The first-order valence-corrected chi connectivity index (χ1v) is 9.93. The van der Waals surface area contributed by atoms with Crippen molar-refractivity contribution in [3.63, 3.8) is 0 Å². The summed E-state index contributed by atoms with van der Waals surface area (Å²) in [6.07, 6.45) is 1.13. The number of aliphatic imine (C=N–C) groups is 1. The molecule has 0 aromatic heterocycles. The van der Waals surface area contributed by atoms with E-state index in [4.69, 9.17) is 9.47 Å². The van der Waals surface area contributed by atoms with Gasteiger partial charge in [-0.1, -0.05) is 54.6 Å². The van der Waals surface area contributed by atoms with Crippen LogP contribution in [0.2, 0.25) is 0 Å². The molecule has 0 amide bonds. The molecule has 0 saturated carbocycles. The Kier molecular flexibility index (Phi) is 7.88. The van der Waals surface area contributed by atoms with E-state index in [0.29, 0.717) is 19.1 Å². The third kappa shape index (κ3) is 6.36.